The normalized spacial score (nSPS) is 24.3. The lowest BCUT2D eigenvalue weighted by Crippen LogP contribution is -2.26. The summed E-state index contributed by atoms with van der Waals surface area (Å²) in [5.41, 5.74) is 6.73. The molecule has 4 nitrogen and oxygen atoms in total. The molecular weight excluding hydrogens is 188 g/mol. The van der Waals surface area contributed by atoms with Gasteiger partial charge in [0.2, 0.25) is 0 Å². The predicted molar refractivity (Wildman–Crippen MR) is 59.2 cm³/mol. The average Bonchev–Trinajstić information content (AvgIpc) is 2.78. The molecule has 2 heterocycles. The van der Waals surface area contributed by atoms with Crippen molar-refractivity contribution in [3.05, 3.63) is 24.3 Å². The third kappa shape index (κ3) is 2.33. The van der Waals surface area contributed by atoms with Crippen molar-refractivity contribution in [2.45, 2.75) is 19.4 Å². The second-order valence-electron chi connectivity index (χ2n) is 4.19. The molecule has 0 spiro atoms. The lowest BCUT2D eigenvalue weighted by atomic mass is 10.1. The number of likely N-dealkylation sites (tertiary alicyclic amines) is 1. The summed E-state index contributed by atoms with van der Waals surface area (Å²) in [6.07, 6.45) is 6.52. The molecule has 1 aliphatic heterocycles. The number of nitrogens with zero attached hydrogens (tertiary/aromatic N) is 3. The molecule has 1 saturated heterocycles. The predicted octanol–water partition coefficient (Wildman–Crippen LogP) is 0.818. The summed E-state index contributed by atoms with van der Waals surface area (Å²) in [5.74, 6) is 0.657. The first-order valence-corrected chi connectivity index (χ1v) is 5.51. The van der Waals surface area contributed by atoms with Gasteiger partial charge in [-0.15, -0.1) is 0 Å². The summed E-state index contributed by atoms with van der Waals surface area (Å²) in [7, 11) is 0. The zero-order chi connectivity index (χ0) is 10.7. The molecule has 0 aromatic carbocycles. The Labute approximate surface area is 90.5 Å². The Balaban J connectivity index is 2.00. The fraction of sp³-hybridized carbons (Fsp3) is 0.636. The molecule has 2 atom stereocenters. The maximum Gasteiger partial charge on any atom is 0.0755 e. The van der Waals surface area contributed by atoms with E-state index < -0.39 is 0 Å². The van der Waals surface area contributed by atoms with Crippen LogP contribution in [0.5, 0.6) is 0 Å². The Hall–Kier alpha value is -1.00. The van der Waals surface area contributed by atoms with Crippen molar-refractivity contribution in [3.8, 4) is 0 Å². The van der Waals surface area contributed by atoms with E-state index in [1.54, 1.807) is 12.4 Å². The number of aromatic nitrogens is 2. The summed E-state index contributed by atoms with van der Waals surface area (Å²) in [6, 6.07) is 0.357. The molecule has 15 heavy (non-hydrogen) atoms. The van der Waals surface area contributed by atoms with Crippen molar-refractivity contribution in [2.24, 2.45) is 11.7 Å². The van der Waals surface area contributed by atoms with Crippen LogP contribution in [0.25, 0.3) is 0 Å². The first-order valence-electron chi connectivity index (χ1n) is 5.51. The van der Waals surface area contributed by atoms with E-state index in [0.29, 0.717) is 12.0 Å². The number of hydrogen-bond acceptors (Lipinski definition) is 4. The standard InChI is InChI=1S/C11H18N4/c1-9(11-7-13-3-4-14-11)15-5-2-10(6-12)8-15/h3-4,7,9-10H,2,5-6,8,12H2,1H3/t9-,10+/m0/s1. The highest BCUT2D eigenvalue weighted by molar-refractivity contribution is 5.02. The summed E-state index contributed by atoms with van der Waals surface area (Å²) >= 11 is 0. The number of rotatable bonds is 3. The number of nitrogens with two attached hydrogens (primary N) is 1. The highest BCUT2D eigenvalue weighted by atomic mass is 15.2. The van der Waals surface area contributed by atoms with Gasteiger partial charge in [-0.25, -0.2) is 0 Å². The molecule has 4 heteroatoms. The summed E-state index contributed by atoms with van der Waals surface area (Å²) in [6.45, 7) is 5.19. The second-order valence-corrected chi connectivity index (χ2v) is 4.19. The minimum atomic E-state index is 0.357. The van der Waals surface area contributed by atoms with E-state index in [0.717, 1.165) is 25.3 Å². The Bertz CT molecular complexity index is 301. The Morgan fingerprint density at radius 2 is 2.47 bits per heavy atom. The maximum atomic E-state index is 5.68. The van der Waals surface area contributed by atoms with Crippen LogP contribution in [0, 0.1) is 5.92 Å². The summed E-state index contributed by atoms with van der Waals surface area (Å²) in [5, 5.41) is 0. The quantitative estimate of drug-likeness (QED) is 0.795. The van der Waals surface area contributed by atoms with Gasteiger partial charge in [-0.3, -0.25) is 14.9 Å². The monoisotopic (exact) mass is 206 g/mol. The van der Waals surface area contributed by atoms with Crippen molar-refractivity contribution < 1.29 is 0 Å². The van der Waals surface area contributed by atoms with Crippen LogP contribution in [0.2, 0.25) is 0 Å². The fourth-order valence-corrected chi connectivity index (χ4v) is 2.12. The van der Waals surface area contributed by atoms with Gasteiger partial charge >= 0.3 is 0 Å². The fourth-order valence-electron chi connectivity index (χ4n) is 2.12. The molecule has 1 aliphatic rings. The molecule has 0 amide bonds. The Morgan fingerprint density at radius 3 is 3.07 bits per heavy atom. The smallest absolute Gasteiger partial charge is 0.0755 e. The molecule has 0 aliphatic carbocycles. The van der Waals surface area contributed by atoms with Gasteiger partial charge in [0, 0.05) is 25.1 Å². The zero-order valence-electron chi connectivity index (χ0n) is 9.13. The first-order chi connectivity index (χ1) is 7.31. The Kier molecular flexibility index (Phi) is 3.28. The van der Waals surface area contributed by atoms with Gasteiger partial charge in [-0.1, -0.05) is 0 Å². The van der Waals surface area contributed by atoms with E-state index in [4.69, 9.17) is 5.73 Å². The molecule has 1 fully saturated rings. The summed E-state index contributed by atoms with van der Waals surface area (Å²) < 4.78 is 0. The third-order valence-electron chi connectivity index (χ3n) is 3.21. The van der Waals surface area contributed by atoms with Crippen LogP contribution >= 0.6 is 0 Å². The molecule has 0 bridgehead atoms. The molecule has 1 aromatic rings. The van der Waals surface area contributed by atoms with Crippen LogP contribution in [0.15, 0.2) is 18.6 Å². The first kappa shape index (κ1) is 10.5. The van der Waals surface area contributed by atoms with Gasteiger partial charge in [0.25, 0.3) is 0 Å². The van der Waals surface area contributed by atoms with Crippen LogP contribution in [-0.2, 0) is 0 Å². The van der Waals surface area contributed by atoms with Crippen LogP contribution < -0.4 is 5.73 Å². The van der Waals surface area contributed by atoms with E-state index in [1.807, 2.05) is 6.20 Å². The molecule has 2 rings (SSSR count). The van der Waals surface area contributed by atoms with Crippen LogP contribution in [0.1, 0.15) is 25.1 Å². The molecule has 1 aromatic heterocycles. The molecule has 0 radical (unpaired) electrons. The molecule has 0 saturated carbocycles. The maximum absolute atomic E-state index is 5.68. The lowest BCUT2D eigenvalue weighted by Gasteiger charge is -2.23. The molecule has 2 N–H and O–H groups in total. The highest BCUT2D eigenvalue weighted by Crippen LogP contribution is 2.25. The van der Waals surface area contributed by atoms with Gasteiger partial charge in [0.15, 0.2) is 0 Å². The van der Waals surface area contributed by atoms with Crippen LogP contribution in [0.4, 0.5) is 0 Å². The zero-order valence-corrected chi connectivity index (χ0v) is 9.13. The van der Waals surface area contributed by atoms with E-state index >= 15 is 0 Å². The minimum Gasteiger partial charge on any atom is -0.330 e. The van der Waals surface area contributed by atoms with E-state index in [1.165, 1.54) is 6.42 Å². The molecule has 82 valence electrons. The Morgan fingerprint density at radius 1 is 1.60 bits per heavy atom. The number of hydrogen-bond donors (Lipinski definition) is 1. The van der Waals surface area contributed by atoms with E-state index in [9.17, 15) is 0 Å². The van der Waals surface area contributed by atoms with Crippen molar-refractivity contribution in [1.29, 1.82) is 0 Å². The summed E-state index contributed by atoms with van der Waals surface area (Å²) in [4.78, 5) is 10.9. The highest BCUT2D eigenvalue weighted by Gasteiger charge is 2.26. The van der Waals surface area contributed by atoms with E-state index in [-0.39, 0.29) is 0 Å². The SMILES string of the molecule is C[C@@H](c1cnccn1)N1CC[C@H](CN)C1. The van der Waals surface area contributed by atoms with Gasteiger partial charge < -0.3 is 5.73 Å². The minimum absolute atomic E-state index is 0.357. The van der Waals surface area contributed by atoms with Crippen molar-refractivity contribution >= 4 is 0 Å². The second kappa shape index (κ2) is 4.68. The van der Waals surface area contributed by atoms with Gasteiger partial charge in [-0.05, 0) is 32.4 Å². The largest absolute Gasteiger partial charge is 0.330 e. The average molecular weight is 206 g/mol. The van der Waals surface area contributed by atoms with Gasteiger partial charge in [0.05, 0.1) is 11.7 Å². The van der Waals surface area contributed by atoms with Crippen molar-refractivity contribution in [2.75, 3.05) is 19.6 Å². The topological polar surface area (TPSA) is 55.0 Å². The van der Waals surface area contributed by atoms with Crippen LogP contribution in [0.3, 0.4) is 0 Å². The third-order valence-corrected chi connectivity index (χ3v) is 3.21. The van der Waals surface area contributed by atoms with Crippen molar-refractivity contribution in [1.82, 2.24) is 14.9 Å². The van der Waals surface area contributed by atoms with Gasteiger partial charge in [-0.2, -0.15) is 0 Å². The van der Waals surface area contributed by atoms with Gasteiger partial charge in [0.1, 0.15) is 0 Å². The van der Waals surface area contributed by atoms with E-state index in [2.05, 4.69) is 21.8 Å². The molecule has 0 unspecified atom stereocenters. The van der Waals surface area contributed by atoms with Crippen molar-refractivity contribution in [3.63, 3.8) is 0 Å². The molecular formula is C11H18N4. The lowest BCUT2D eigenvalue weighted by molar-refractivity contribution is 0.248. The van der Waals surface area contributed by atoms with Crippen LogP contribution in [-0.4, -0.2) is 34.5 Å².